The lowest BCUT2D eigenvalue weighted by Gasteiger charge is -2.34. The highest BCUT2D eigenvalue weighted by Gasteiger charge is 2.22. The number of amides is 3. The normalized spacial score (nSPS) is 14.6. The molecule has 3 amide bonds. The summed E-state index contributed by atoms with van der Waals surface area (Å²) in [5.41, 5.74) is 1.62. The van der Waals surface area contributed by atoms with E-state index < -0.39 is 0 Å². The van der Waals surface area contributed by atoms with Crippen molar-refractivity contribution in [3.8, 4) is 0 Å². The number of aryl methyl sites for hydroxylation is 1. The fourth-order valence-electron chi connectivity index (χ4n) is 2.35. The van der Waals surface area contributed by atoms with Crippen LogP contribution >= 0.6 is 0 Å². The van der Waals surface area contributed by atoms with Crippen LogP contribution in [0.4, 0.5) is 0 Å². The van der Waals surface area contributed by atoms with Gasteiger partial charge in [-0.15, -0.1) is 0 Å². The van der Waals surface area contributed by atoms with Crippen LogP contribution in [0.5, 0.6) is 0 Å². The highest BCUT2D eigenvalue weighted by Crippen LogP contribution is 2.04. The third kappa shape index (κ3) is 4.07. The molecule has 6 heteroatoms. The molecule has 6 nitrogen and oxygen atoms in total. The maximum Gasteiger partial charge on any atom is 0.251 e. The first-order valence-electron chi connectivity index (χ1n) is 7.35. The maximum atomic E-state index is 12.1. The van der Waals surface area contributed by atoms with E-state index in [0.717, 1.165) is 5.56 Å². The molecule has 0 radical (unpaired) electrons. The largest absolute Gasteiger partial charge is 0.343 e. The van der Waals surface area contributed by atoms with Gasteiger partial charge in [-0.25, -0.2) is 0 Å². The Kier molecular flexibility index (Phi) is 5.14. The molecule has 1 saturated heterocycles. The van der Waals surface area contributed by atoms with E-state index in [1.54, 1.807) is 21.9 Å². The number of carbonyl (C=O) groups excluding carboxylic acids is 3. The van der Waals surface area contributed by atoms with Gasteiger partial charge in [0.2, 0.25) is 11.8 Å². The lowest BCUT2D eigenvalue weighted by Crippen LogP contribution is -2.52. The fourth-order valence-corrected chi connectivity index (χ4v) is 2.35. The number of nitrogens with one attached hydrogen (secondary N) is 1. The first-order chi connectivity index (χ1) is 10.5. The molecule has 1 aromatic rings. The SMILES string of the molecule is CC(=O)N1CCN(C(=O)CNC(=O)c2ccc(C)cc2)CC1. The summed E-state index contributed by atoms with van der Waals surface area (Å²) in [4.78, 5) is 38.7. The summed E-state index contributed by atoms with van der Waals surface area (Å²) < 4.78 is 0. The van der Waals surface area contributed by atoms with Crippen molar-refractivity contribution in [1.29, 1.82) is 0 Å². The van der Waals surface area contributed by atoms with Crippen molar-refractivity contribution in [2.24, 2.45) is 0 Å². The average Bonchev–Trinajstić information content (AvgIpc) is 2.53. The summed E-state index contributed by atoms with van der Waals surface area (Å²) >= 11 is 0. The quantitative estimate of drug-likeness (QED) is 0.879. The number of hydrogen-bond donors (Lipinski definition) is 1. The molecule has 1 aliphatic rings. The Hall–Kier alpha value is -2.37. The van der Waals surface area contributed by atoms with Crippen molar-refractivity contribution >= 4 is 17.7 Å². The van der Waals surface area contributed by atoms with Crippen molar-refractivity contribution < 1.29 is 14.4 Å². The summed E-state index contributed by atoms with van der Waals surface area (Å²) in [5, 5.41) is 2.64. The third-order valence-electron chi connectivity index (χ3n) is 3.79. The van der Waals surface area contributed by atoms with E-state index in [4.69, 9.17) is 0 Å². The molecule has 0 bridgehead atoms. The number of benzene rings is 1. The molecule has 1 aromatic carbocycles. The molecule has 2 rings (SSSR count). The highest BCUT2D eigenvalue weighted by atomic mass is 16.2. The van der Waals surface area contributed by atoms with Gasteiger partial charge >= 0.3 is 0 Å². The van der Waals surface area contributed by atoms with E-state index in [-0.39, 0.29) is 24.3 Å². The van der Waals surface area contributed by atoms with Crippen LogP contribution < -0.4 is 5.32 Å². The zero-order valence-electron chi connectivity index (χ0n) is 13.0. The predicted molar refractivity (Wildman–Crippen MR) is 82.3 cm³/mol. The Morgan fingerprint density at radius 3 is 2.09 bits per heavy atom. The molecule has 0 atom stereocenters. The van der Waals surface area contributed by atoms with E-state index in [9.17, 15) is 14.4 Å². The Bertz CT molecular complexity index is 561. The van der Waals surface area contributed by atoms with E-state index in [2.05, 4.69) is 5.32 Å². The molecule has 0 unspecified atom stereocenters. The second-order valence-electron chi connectivity index (χ2n) is 5.44. The van der Waals surface area contributed by atoms with Crippen LogP contribution in [0.15, 0.2) is 24.3 Å². The molecule has 0 saturated carbocycles. The van der Waals surface area contributed by atoms with Crippen LogP contribution in [0.25, 0.3) is 0 Å². The summed E-state index contributed by atoms with van der Waals surface area (Å²) in [6.07, 6.45) is 0. The van der Waals surface area contributed by atoms with Gasteiger partial charge in [-0.05, 0) is 19.1 Å². The maximum absolute atomic E-state index is 12.1. The Morgan fingerprint density at radius 1 is 1.00 bits per heavy atom. The monoisotopic (exact) mass is 303 g/mol. The fraction of sp³-hybridized carbons (Fsp3) is 0.438. The summed E-state index contributed by atoms with van der Waals surface area (Å²) in [6, 6.07) is 7.19. The number of carbonyl (C=O) groups is 3. The van der Waals surface area contributed by atoms with Gasteiger partial charge in [0.25, 0.3) is 5.91 Å². The number of nitrogens with zero attached hydrogens (tertiary/aromatic N) is 2. The van der Waals surface area contributed by atoms with E-state index in [0.29, 0.717) is 31.7 Å². The highest BCUT2D eigenvalue weighted by molar-refractivity contribution is 5.96. The molecular formula is C16H21N3O3. The van der Waals surface area contributed by atoms with Gasteiger partial charge in [-0.2, -0.15) is 0 Å². The Morgan fingerprint density at radius 2 is 1.55 bits per heavy atom. The minimum Gasteiger partial charge on any atom is -0.343 e. The van der Waals surface area contributed by atoms with Crippen LogP contribution in [-0.2, 0) is 9.59 Å². The van der Waals surface area contributed by atoms with Crippen LogP contribution in [0.2, 0.25) is 0 Å². The number of hydrogen-bond acceptors (Lipinski definition) is 3. The number of rotatable bonds is 3. The van der Waals surface area contributed by atoms with Crippen molar-refractivity contribution in [2.75, 3.05) is 32.7 Å². The molecule has 1 N–H and O–H groups in total. The Labute approximate surface area is 130 Å². The van der Waals surface area contributed by atoms with Crippen molar-refractivity contribution in [3.63, 3.8) is 0 Å². The van der Waals surface area contributed by atoms with Gasteiger partial charge in [-0.3, -0.25) is 14.4 Å². The molecule has 118 valence electrons. The van der Waals surface area contributed by atoms with Crippen molar-refractivity contribution in [1.82, 2.24) is 15.1 Å². The standard InChI is InChI=1S/C16H21N3O3/c1-12-3-5-14(6-4-12)16(22)17-11-15(21)19-9-7-18(8-10-19)13(2)20/h3-6H,7-11H2,1-2H3,(H,17,22). The minimum absolute atomic E-state index is 0.0211. The first kappa shape index (κ1) is 16.0. The molecule has 0 aromatic heterocycles. The van der Waals surface area contributed by atoms with Crippen molar-refractivity contribution in [2.45, 2.75) is 13.8 Å². The molecule has 22 heavy (non-hydrogen) atoms. The summed E-state index contributed by atoms with van der Waals surface area (Å²) in [7, 11) is 0. The lowest BCUT2D eigenvalue weighted by molar-refractivity contribution is -0.137. The molecule has 1 aliphatic heterocycles. The third-order valence-corrected chi connectivity index (χ3v) is 3.79. The van der Waals surface area contributed by atoms with Crippen LogP contribution in [0.1, 0.15) is 22.8 Å². The zero-order chi connectivity index (χ0) is 16.1. The Balaban J connectivity index is 1.79. The van der Waals surface area contributed by atoms with Crippen LogP contribution in [0, 0.1) is 6.92 Å². The summed E-state index contributed by atoms with van der Waals surface area (Å²) in [6.45, 7) is 5.58. The van der Waals surface area contributed by atoms with Gasteiger partial charge in [0.05, 0.1) is 6.54 Å². The van der Waals surface area contributed by atoms with Crippen LogP contribution in [0.3, 0.4) is 0 Å². The molecule has 1 heterocycles. The van der Waals surface area contributed by atoms with Gasteiger partial charge in [0, 0.05) is 38.7 Å². The molecule has 0 spiro atoms. The smallest absolute Gasteiger partial charge is 0.251 e. The summed E-state index contributed by atoms with van der Waals surface area (Å²) in [5.74, 6) is -0.348. The average molecular weight is 303 g/mol. The van der Waals surface area contributed by atoms with Gasteiger partial charge in [0.1, 0.15) is 0 Å². The second kappa shape index (κ2) is 7.06. The van der Waals surface area contributed by atoms with Crippen molar-refractivity contribution in [3.05, 3.63) is 35.4 Å². The number of piperazine rings is 1. The van der Waals surface area contributed by atoms with E-state index in [1.165, 1.54) is 6.92 Å². The predicted octanol–water partition coefficient (Wildman–Crippen LogP) is 0.416. The van der Waals surface area contributed by atoms with E-state index >= 15 is 0 Å². The zero-order valence-corrected chi connectivity index (χ0v) is 13.0. The molecular weight excluding hydrogens is 282 g/mol. The topological polar surface area (TPSA) is 69.7 Å². The lowest BCUT2D eigenvalue weighted by atomic mass is 10.1. The molecule has 1 fully saturated rings. The van der Waals surface area contributed by atoms with Crippen LogP contribution in [-0.4, -0.2) is 60.2 Å². The minimum atomic E-state index is -0.254. The van der Waals surface area contributed by atoms with Gasteiger partial charge < -0.3 is 15.1 Å². The van der Waals surface area contributed by atoms with E-state index in [1.807, 2.05) is 19.1 Å². The van der Waals surface area contributed by atoms with Gasteiger partial charge in [-0.1, -0.05) is 17.7 Å². The second-order valence-corrected chi connectivity index (χ2v) is 5.44. The van der Waals surface area contributed by atoms with Gasteiger partial charge in [0.15, 0.2) is 0 Å². The molecule has 0 aliphatic carbocycles. The first-order valence-corrected chi connectivity index (χ1v) is 7.35.